The molecule has 1 N–H and O–H groups in total. The third kappa shape index (κ3) is 3.33. The average molecular weight is 350 g/mol. The Balaban J connectivity index is 2.02. The topological polar surface area (TPSA) is 63.2 Å². The van der Waals surface area contributed by atoms with Gasteiger partial charge in [-0.3, -0.25) is 4.79 Å². The molecule has 4 nitrogen and oxygen atoms in total. The molecule has 0 aromatic heterocycles. The first-order valence-corrected chi connectivity index (χ1v) is 8.36. The lowest BCUT2D eigenvalue weighted by atomic mass is 10.2. The first kappa shape index (κ1) is 14.5. The number of halogens is 2. The fourth-order valence-electron chi connectivity index (χ4n) is 2.06. The molecule has 1 aromatic rings. The van der Waals surface area contributed by atoms with Crippen molar-refractivity contribution in [3.63, 3.8) is 0 Å². The van der Waals surface area contributed by atoms with E-state index in [1.54, 1.807) is 6.07 Å². The van der Waals surface area contributed by atoms with E-state index in [0.717, 1.165) is 0 Å². The zero-order valence-electron chi connectivity index (χ0n) is 10.0. The van der Waals surface area contributed by atoms with Crippen molar-refractivity contribution in [3.05, 3.63) is 34.1 Å². The van der Waals surface area contributed by atoms with Crippen molar-refractivity contribution in [1.82, 2.24) is 5.32 Å². The lowest BCUT2D eigenvalue weighted by Gasteiger charge is -2.11. The molecule has 0 saturated carbocycles. The molecule has 0 aliphatic carbocycles. The van der Waals surface area contributed by atoms with E-state index in [4.69, 9.17) is 0 Å². The van der Waals surface area contributed by atoms with E-state index in [2.05, 4.69) is 21.2 Å². The molecule has 1 unspecified atom stereocenters. The second-order valence-electron chi connectivity index (χ2n) is 4.47. The van der Waals surface area contributed by atoms with Crippen molar-refractivity contribution in [2.75, 3.05) is 12.3 Å². The fraction of sp³-hybridized carbons (Fsp3) is 0.417. The van der Waals surface area contributed by atoms with Crippen molar-refractivity contribution in [3.8, 4) is 0 Å². The number of nitrogens with one attached hydrogen (secondary N) is 1. The summed E-state index contributed by atoms with van der Waals surface area (Å²) in [5, 5.41) is 1.94. The normalized spacial score (nSPS) is 21.3. The molecule has 7 heteroatoms. The van der Waals surface area contributed by atoms with Crippen molar-refractivity contribution >= 4 is 31.7 Å². The van der Waals surface area contributed by atoms with Crippen molar-refractivity contribution < 1.29 is 17.6 Å². The molecule has 0 spiro atoms. The van der Waals surface area contributed by atoms with Gasteiger partial charge in [-0.05, 0) is 31.0 Å². The summed E-state index contributed by atoms with van der Waals surface area (Å²) in [7, 11) is -3.10. The zero-order valence-corrected chi connectivity index (χ0v) is 12.4. The molecule has 1 amide bonds. The summed E-state index contributed by atoms with van der Waals surface area (Å²) in [6.45, 7) is 0.0384. The number of sulfone groups is 1. The standard InChI is InChI=1S/C12H13BrFNO3S/c13-8-3-4-10(11(14)6-8)12(16)15-7-9-2-1-5-19(9,17)18/h3-4,6,9H,1-2,5,7H2,(H,15,16). The molecule has 1 atom stereocenters. The summed E-state index contributed by atoms with van der Waals surface area (Å²) in [5.74, 6) is -1.06. The van der Waals surface area contributed by atoms with Crippen LogP contribution in [0.4, 0.5) is 4.39 Å². The van der Waals surface area contributed by atoms with Gasteiger partial charge in [-0.1, -0.05) is 15.9 Å². The molecule has 104 valence electrons. The lowest BCUT2D eigenvalue weighted by Crippen LogP contribution is -2.34. The summed E-state index contributed by atoms with van der Waals surface area (Å²) >= 11 is 3.10. The van der Waals surface area contributed by atoms with Crippen LogP contribution in [-0.2, 0) is 9.84 Å². The monoisotopic (exact) mass is 349 g/mol. The van der Waals surface area contributed by atoms with Crippen LogP contribution in [0.1, 0.15) is 23.2 Å². The van der Waals surface area contributed by atoms with E-state index in [0.29, 0.717) is 17.3 Å². The van der Waals surface area contributed by atoms with E-state index in [1.165, 1.54) is 12.1 Å². The highest BCUT2D eigenvalue weighted by Crippen LogP contribution is 2.19. The first-order chi connectivity index (χ1) is 8.90. The van der Waals surface area contributed by atoms with Gasteiger partial charge in [-0.15, -0.1) is 0 Å². The third-order valence-electron chi connectivity index (χ3n) is 3.13. The van der Waals surface area contributed by atoms with Crippen molar-refractivity contribution in [2.24, 2.45) is 0 Å². The molecule has 1 heterocycles. The summed E-state index contributed by atoms with van der Waals surface area (Å²) in [6, 6.07) is 4.11. The summed E-state index contributed by atoms with van der Waals surface area (Å²) in [4.78, 5) is 11.8. The van der Waals surface area contributed by atoms with Crippen LogP contribution in [0.3, 0.4) is 0 Å². The van der Waals surface area contributed by atoms with E-state index in [1.807, 2.05) is 0 Å². The number of amides is 1. The Morgan fingerprint density at radius 1 is 1.47 bits per heavy atom. The van der Waals surface area contributed by atoms with Gasteiger partial charge in [0.05, 0.1) is 16.6 Å². The highest BCUT2D eigenvalue weighted by Gasteiger charge is 2.31. The SMILES string of the molecule is O=C(NCC1CCCS1(=O)=O)c1ccc(Br)cc1F. The van der Waals surface area contributed by atoms with Gasteiger partial charge in [0, 0.05) is 11.0 Å². The maximum absolute atomic E-state index is 13.5. The minimum Gasteiger partial charge on any atom is -0.351 e. The van der Waals surface area contributed by atoms with Crippen molar-refractivity contribution in [1.29, 1.82) is 0 Å². The van der Waals surface area contributed by atoms with Gasteiger partial charge in [0.1, 0.15) is 5.82 Å². The number of benzene rings is 1. The van der Waals surface area contributed by atoms with Gasteiger partial charge >= 0.3 is 0 Å². The van der Waals surface area contributed by atoms with Crippen LogP contribution >= 0.6 is 15.9 Å². The smallest absolute Gasteiger partial charge is 0.254 e. The molecule has 2 rings (SSSR count). The summed E-state index contributed by atoms with van der Waals surface area (Å²) < 4.78 is 37.3. The Bertz CT molecular complexity index is 603. The zero-order chi connectivity index (χ0) is 14.0. The van der Waals surface area contributed by atoms with Gasteiger partial charge in [0.2, 0.25) is 0 Å². The van der Waals surface area contributed by atoms with Crippen LogP contribution < -0.4 is 5.32 Å². The number of carbonyl (C=O) groups is 1. The van der Waals surface area contributed by atoms with Gasteiger partial charge in [-0.25, -0.2) is 12.8 Å². The van der Waals surface area contributed by atoms with E-state index < -0.39 is 26.8 Å². The highest BCUT2D eigenvalue weighted by atomic mass is 79.9. The third-order valence-corrected chi connectivity index (χ3v) is 5.90. The van der Waals surface area contributed by atoms with Crippen molar-refractivity contribution in [2.45, 2.75) is 18.1 Å². The van der Waals surface area contributed by atoms with Gasteiger partial charge in [0.25, 0.3) is 5.91 Å². The molecule has 1 aliphatic rings. The minimum absolute atomic E-state index is 0.0384. The Kier molecular flexibility index (Phi) is 4.25. The van der Waals surface area contributed by atoms with Crippen LogP contribution in [0.15, 0.2) is 22.7 Å². The quantitative estimate of drug-likeness (QED) is 0.906. The number of hydrogen-bond acceptors (Lipinski definition) is 3. The second-order valence-corrected chi connectivity index (χ2v) is 7.78. The molecular weight excluding hydrogens is 337 g/mol. The van der Waals surface area contributed by atoms with E-state index in [9.17, 15) is 17.6 Å². The van der Waals surface area contributed by atoms with Crippen LogP contribution in [0.2, 0.25) is 0 Å². The van der Waals surface area contributed by atoms with Crippen LogP contribution in [0, 0.1) is 5.82 Å². The number of carbonyl (C=O) groups excluding carboxylic acids is 1. The second kappa shape index (κ2) is 5.58. The molecule has 0 radical (unpaired) electrons. The number of rotatable bonds is 3. The average Bonchev–Trinajstić information content (AvgIpc) is 2.65. The van der Waals surface area contributed by atoms with E-state index in [-0.39, 0.29) is 17.9 Å². The van der Waals surface area contributed by atoms with E-state index >= 15 is 0 Å². The van der Waals surface area contributed by atoms with Gasteiger partial charge in [0.15, 0.2) is 9.84 Å². The maximum atomic E-state index is 13.5. The lowest BCUT2D eigenvalue weighted by molar-refractivity contribution is 0.0949. The first-order valence-electron chi connectivity index (χ1n) is 5.85. The Hall–Kier alpha value is -0.950. The maximum Gasteiger partial charge on any atom is 0.254 e. The molecular formula is C12H13BrFNO3S. The molecule has 1 aliphatic heterocycles. The predicted octanol–water partition coefficient (Wildman–Crippen LogP) is 1.90. The minimum atomic E-state index is -3.10. The van der Waals surface area contributed by atoms with Crippen LogP contribution in [-0.4, -0.2) is 31.9 Å². The Morgan fingerprint density at radius 2 is 2.21 bits per heavy atom. The molecule has 1 fully saturated rings. The highest BCUT2D eigenvalue weighted by molar-refractivity contribution is 9.10. The van der Waals surface area contributed by atoms with Gasteiger partial charge in [-0.2, -0.15) is 0 Å². The fourth-order valence-corrected chi connectivity index (χ4v) is 4.16. The Labute approximate surface area is 119 Å². The largest absolute Gasteiger partial charge is 0.351 e. The predicted molar refractivity (Wildman–Crippen MR) is 73.2 cm³/mol. The molecule has 1 saturated heterocycles. The van der Waals surface area contributed by atoms with Crippen LogP contribution in [0.25, 0.3) is 0 Å². The molecule has 19 heavy (non-hydrogen) atoms. The molecule has 1 aromatic carbocycles. The van der Waals surface area contributed by atoms with Crippen LogP contribution in [0.5, 0.6) is 0 Å². The van der Waals surface area contributed by atoms with Gasteiger partial charge < -0.3 is 5.32 Å². The Morgan fingerprint density at radius 3 is 2.79 bits per heavy atom. The number of hydrogen-bond donors (Lipinski definition) is 1. The summed E-state index contributed by atoms with van der Waals surface area (Å²) in [5.41, 5.74) is -0.0846. The summed E-state index contributed by atoms with van der Waals surface area (Å²) in [6.07, 6.45) is 1.17. The molecule has 0 bridgehead atoms.